The SMILES string of the molecule is Nc1ccc(C(=O)c2ccccc2)s1. The summed E-state index contributed by atoms with van der Waals surface area (Å²) in [6.07, 6.45) is 0. The summed E-state index contributed by atoms with van der Waals surface area (Å²) in [7, 11) is 0. The second-order valence-electron chi connectivity index (χ2n) is 2.90. The molecule has 0 saturated heterocycles. The Kier molecular flexibility index (Phi) is 2.33. The maximum Gasteiger partial charge on any atom is 0.203 e. The molecule has 1 aromatic heterocycles. The molecule has 2 N–H and O–H groups in total. The average molecular weight is 203 g/mol. The van der Waals surface area contributed by atoms with Crippen LogP contribution in [-0.2, 0) is 0 Å². The van der Waals surface area contributed by atoms with Gasteiger partial charge in [-0.3, -0.25) is 4.79 Å². The van der Waals surface area contributed by atoms with Gasteiger partial charge in [-0.1, -0.05) is 30.3 Å². The van der Waals surface area contributed by atoms with E-state index in [0.29, 0.717) is 15.4 Å². The first-order valence-corrected chi connectivity index (χ1v) is 5.04. The van der Waals surface area contributed by atoms with Crippen molar-refractivity contribution in [3.8, 4) is 0 Å². The van der Waals surface area contributed by atoms with Crippen molar-refractivity contribution in [2.24, 2.45) is 0 Å². The molecule has 0 amide bonds. The van der Waals surface area contributed by atoms with Crippen LogP contribution < -0.4 is 5.73 Å². The van der Waals surface area contributed by atoms with Gasteiger partial charge in [-0.05, 0) is 12.1 Å². The molecule has 0 atom stereocenters. The lowest BCUT2D eigenvalue weighted by molar-refractivity contribution is 0.104. The van der Waals surface area contributed by atoms with Gasteiger partial charge in [-0.15, -0.1) is 11.3 Å². The fourth-order valence-corrected chi connectivity index (χ4v) is 1.94. The van der Waals surface area contributed by atoms with Gasteiger partial charge in [0.2, 0.25) is 5.78 Å². The number of nitrogen functional groups attached to an aromatic ring is 1. The summed E-state index contributed by atoms with van der Waals surface area (Å²) in [5.41, 5.74) is 6.26. The first kappa shape index (κ1) is 8.97. The molecule has 2 aromatic rings. The van der Waals surface area contributed by atoms with Crippen LogP contribution in [0.2, 0.25) is 0 Å². The van der Waals surface area contributed by atoms with Crippen LogP contribution in [-0.4, -0.2) is 5.78 Å². The van der Waals surface area contributed by atoms with Crippen molar-refractivity contribution in [3.63, 3.8) is 0 Å². The lowest BCUT2D eigenvalue weighted by atomic mass is 10.1. The van der Waals surface area contributed by atoms with E-state index in [1.54, 1.807) is 24.3 Å². The molecule has 1 aromatic carbocycles. The molecule has 0 unspecified atom stereocenters. The van der Waals surface area contributed by atoms with E-state index in [9.17, 15) is 4.79 Å². The number of nitrogens with two attached hydrogens (primary N) is 1. The van der Waals surface area contributed by atoms with Crippen LogP contribution in [0.5, 0.6) is 0 Å². The summed E-state index contributed by atoms with van der Waals surface area (Å²) in [5, 5.41) is 0.671. The van der Waals surface area contributed by atoms with Crippen LogP contribution in [0.4, 0.5) is 5.00 Å². The van der Waals surface area contributed by atoms with Gasteiger partial charge in [-0.25, -0.2) is 0 Å². The molecule has 70 valence electrons. The van der Waals surface area contributed by atoms with Crippen molar-refractivity contribution in [3.05, 3.63) is 52.9 Å². The van der Waals surface area contributed by atoms with Crippen molar-refractivity contribution < 1.29 is 4.79 Å². The molecule has 0 aliphatic rings. The van der Waals surface area contributed by atoms with E-state index in [1.165, 1.54) is 11.3 Å². The number of hydrogen-bond donors (Lipinski definition) is 1. The van der Waals surface area contributed by atoms with Gasteiger partial charge in [0.15, 0.2) is 0 Å². The fourth-order valence-electron chi connectivity index (χ4n) is 1.21. The molecule has 2 rings (SSSR count). The van der Waals surface area contributed by atoms with Crippen LogP contribution in [0.1, 0.15) is 15.2 Å². The van der Waals surface area contributed by atoms with E-state index < -0.39 is 0 Å². The summed E-state index contributed by atoms with van der Waals surface area (Å²) in [5.74, 6) is 0.0345. The number of ketones is 1. The highest BCUT2D eigenvalue weighted by Gasteiger charge is 2.09. The Hall–Kier alpha value is -1.61. The van der Waals surface area contributed by atoms with Crippen molar-refractivity contribution in [2.75, 3.05) is 5.73 Å². The van der Waals surface area contributed by atoms with Crippen LogP contribution in [0.15, 0.2) is 42.5 Å². The Morgan fingerprint density at radius 2 is 1.79 bits per heavy atom. The molecule has 0 saturated carbocycles. The Morgan fingerprint density at radius 1 is 1.07 bits per heavy atom. The van der Waals surface area contributed by atoms with Crippen LogP contribution in [0, 0.1) is 0 Å². The van der Waals surface area contributed by atoms with E-state index >= 15 is 0 Å². The zero-order valence-electron chi connectivity index (χ0n) is 7.44. The highest BCUT2D eigenvalue weighted by Crippen LogP contribution is 2.21. The third kappa shape index (κ3) is 1.67. The van der Waals surface area contributed by atoms with Gasteiger partial charge in [0, 0.05) is 5.56 Å². The molecule has 0 aliphatic carbocycles. The number of anilines is 1. The van der Waals surface area contributed by atoms with Gasteiger partial charge < -0.3 is 5.73 Å². The normalized spacial score (nSPS) is 10.0. The van der Waals surface area contributed by atoms with Crippen LogP contribution >= 0.6 is 11.3 Å². The van der Waals surface area contributed by atoms with Gasteiger partial charge in [0.25, 0.3) is 0 Å². The van der Waals surface area contributed by atoms with Crippen molar-refractivity contribution in [2.45, 2.75) is 0 Å². The van der Waals surface area contributed by atoms with Gasteiger partial charge in [-0.2, -0.15) is 0 Å². The third-order valence-corrected chi connectivity index (χ3v) is 2.80. The van der Waals surface area contributed by atoms with E-state index in [-0.39, 0.29) is 5.78 Å². The zero-order valence-corrected chi connectivity index (χ0v) is 8.25. The monoisotopic (exact) mass is 203 g/mol. The van der Waals surface area contributed by atoms with Gasteiger partial charge >= 0.3 is 0 Å². The molecular weight excluding hydrogens is 194 g/mol. The minimum absolute atomic E-state index is 0.0345. The van der Waals surface area contributed by atoms with E-state index in [1.807, 2.05) is 18.2 Å². The predicted octanol–water partition coefficient (Wildman–Crippen LogP) is 2.56. The van der Waals surface area contributed by atoms with E-state index in [2.05, 4.69) is 0 Å². The Labute approximate surface area is 86.0 Å². The lowest BCUT2D eigenvalue weighted by Crippen LogP contribution is -1.97. The molecule has 0 aliphatic heterocycles. The average Bonchev–Trinajstić information content (AvgIpc) is 2.65. The lowest BCUT2D eigenvalue weighted by Gasteiger charge is -1.95. The summed E-state index contributed by atoms with van der Waals surface area (Å²) in [4.78, 5) is 12.5. The number of thiophene rings is 1. The maximum absolute atomic E-state index is 11.8. The predicted molar refractivity (Wildman–Crippen MR) is 58.6 cm³/mol. The van der Waals surface area contributed by atoms with Crippen LogP contribution in [0.25, 0.3) is 0 Å². The molecule has 0 fully saturated rings. The van der Waals surface area contributed by atoms with Gasteiger partial charge in [0.1, 0.15) is 0 Å². The quantitative estimate of drug-likeness (QED) is 0.762. The van der Waals surface area contributed by atoms with Gasteiger partial charge in [0.05, 0.1) is 9.88 Å². The highest BCUT2D eigenvalue weighted by atomic mass is 32.1. The molecule has 2 nitrogen and oxygen atoms in total. The summed E-state index contributed by atoms with van der Waals surface area (Å²) < 4.78 is 0. The molecule has 14 heavy (non-hydrogen) atoms. The standard InChI is InChI=1S/C11H9NOS/c12-10-7-6-9(14-10)11(13)8-4-2-1-3-5-8/h1-7H,12H2. The maximum atomic E-state index is 11.8. The molecule has 1 heterocycles. The molecule has 0 spiro atoms. The van der Waals surface area contributed by atoms with E-state index in [4.69, 9.17) is 5.73 Å². The molecule has 0 radical (unpaired) electrons. The van der Waals surface area contributed by atoms with Crippen LogP contribution in [0.3, 0.4) is 0 Å². The Morgan fingerprint density at radius 3 is 2.36 bits per heavy atom. The van der Waals surface area contributed by atoms with Crippen molar-refractivity contribution in [1.82, 2.24) is 0 Å². The first-order chi connectivity index (χ1) is 6.77. The Bertz CT molecular complexity index is 447. The van der Waals surface area contributed by atoms with Crippen molar-refractivity contribution in [1.29, 1.82) is 0 Å². The Balaban J connectivity index is 2.34. The van der Waals surface area contributed by atoms with Crippen molar-refractivity contribution >= 4 is 22.1 Å². The zero-order chi connectivity index (χ0) is 9.97. The minimum atomic E-state index is 0.0345. The minimum Gasteiger partial charge on any atom is -0.391 e. The first-order valence-electron chi connectivity index (χ1n) is 4.22. The number of hydrogen-bond acceptors (Lipinski definition) is 3. The van der Waals surface area contributed by atoms with E-state index in [0.717, 1.165) is 0 Å². The summed E-state index contributed by atoms with van der Waals surface area (Å²) >= 11 is 1.32. The second kappa shape index (κ2) is 3.64. The highest BCUT2D eigenvalue weighted by molar-refractivity contribution is 7.17. The largest absolute Gasteiger partial charge is 0.391 e. The number of carbonyl (C=O) groups excluding carboxylic acids is 1. The molecule has 0 bridgehead atoms. The number of rotatable bonds is 2. The number of benzene rings is 1. The third-order valence-electron chi connectivity index (χ3n) is 1.89. The molecular formula is C11H9NOS. The smallest absolute Gasteiger partial charge is 0.203 e. The number of carbonyl (C=O) groups is 1. The summed E-state index contributed by atoms with van der Waals surface area (Å²) in [6.45, 7) is 0. The molecule has 3 heteroatoms. The topological polar surface area (TPSA) is 43.1 Å². The fraction of sp³-hybridized carbons (Fsp3) is 0. The summed E-state index contributed by atoms with van der Waals surface area (Å²) in [6, 6.07) is 12.7. The second-order valence-corrected chi connectivity index (χ2v) is 4.01.